The first-order valence-electron chi connectivity index (χ1n) is 4.85. The van der Waals surface area contributed by atoms with Gasteiger partial charge in [-0.05, 0) is 19.4 Å². The van der Waals surface area contributed by atoms with E-state index in [1.165, 1.54) is 6.20 Å². The van der Waals surface area contributed by atoms with Gasteiger partial charge in [-0.15, -0.1) is 0 Å². The Morgan fingerprint density at radius 2 is 2.31 bits per heavy atom. The fraction of sp³-hybridized carbons (Fsp3) is 0.167. The van der Waals surface area contributed by atoms with Crippen LogP contribution < -0.4 is 0 Å². The summed E-state index contributed by atoms with van der Waals surface area (Å²) < 4.78 is 0. The molecule has 1 aliphatic carbocycles. The molecular formula is C12H10ClNO2. The molecule has 0 unspecified atom stereocenters. The number of fused-ring (bicyclic) bond motifs is 1. The highest BCUT2D eigenvalue weighted by atomic mass is 35.5. The van der Waals surface area contributed by atoms with E-state index in [-0.39, 0.29) is 5.69 Å². The molecule has 1 aromatic heterocycles. The molecule has 0 aliphatic heterocycles. The SMILES string of the molecule is CC1=Cc2c(ccnc2C(=O)O)C(Cl)=CC1. The minimum Gasteiger partial charge on any atom is -0.476 e. The third kappa shape index (κ3) is 1.86. The highest BCUT2D eigenvalue weighted by Crippen LogP contribution is 2.30. The Hall–Kier alpha value is -1.61. The molecule has 2 rings (SSSR count). The van der Waals surface area contributed by atoms with E-state index in [4.69, 9.17) is 16.7 Å². The Balaban J connectivity index is 2.73. The maximum Gasteiger partial charge on any atom is 0.355 e. The van der Waals surface area contributed by atoms with Crippen molar-refractivity contribution >= 4 is 28.7 Å². The normalized spacial score (nSPS) is 14.6. The second kappa shape index (κ2) is 4.10. The van der Waals surface area contributed by atoms with Crippen molar-refractivity contribution in [1.82, 2.24) is 4.98 Å². The van der Waals surface area contributed by atoms with E-state index < -0.39 is 5.97 Å². The average molecular weight is 236 g/mol. The van der Waals surface area contributed by atoms with Crippen molar-refractivity contribution in [2.45, 2.75) is 13.3 Å². The predicted octanol–water partition coefficient (Wildman–Crippen LogP) is 3.17. The van der Waals surface area contributed by atoms with Gasteiger partial charge in [-0.1, -0.05) is 29.3 Å². The van der Waals surface area contributed by atoms with Gasteiger partial charge in [-0.3, -0.25) is 0 Å². The third-order valence-corrected chi connectivity index (χ3v) is 2.80. The van der Waals surface area contributed by atoms with E-state index in [1.807, 2.05) is 19.1 Å². The zero-order chi connectivity index (χ0) is 11.7. The number of hydrogen-bond acceptors (Lipinski definition) is 2. The molecule has 16 heavy (non-hydrogen) atoms. The van der Waals surface area contributed by atoms with E-state index >= 15 is 0 Å². The van der Waals surface area contributed by atoms with Crippen LogP contribution in [0.1, 0.15) is 35.0 Å². The first kappa shape index (κ1) is 10.9. The zero-order valence-corrected chi connectivity index (χ0v) is 9.45. The van der Waals surface area contributed by atoms with Gasteiger partial charge in [0.25, 0.3) is 0 Å². The largest absolute Gasteiger partial charge is 0.476 e. The molecule has 3 nitrogen and oxygen atoms in total. The summed E-state index contributed by atoms with van der Waals surface area (Å²) in [5.41, 5.74) is 2.43. The lowest BCUT2D eigenvalue weighted by Gasteiger charge is -2.06. The Bertz CT molecular complexity index is 518. The summed E-state index contributed by atoms with van der Waals surface area (Å²) in [6.45, 7) is 1.94. The molecule has 1 N–H and O–H groups in total. The van der Waals surface area contributed by atoms with E-state index in [1.54, 1.807) is 6.07 Å². The molecule has 0 spiro atoms. The molecular weight excluding hydrogens is 226 g/mol. The van der Waals surface area contributed by atoms with Gasteiger partial charge < -0.3 is 5.11 Å². The fourth-order valence-corrected chi connectivity index (χ4v) is 1.91. The summed E-state index contributed by atoms with van der Waals surface area (Å²) in [7, 11) is 0. The number of carboxylic acids is 1. The van der Waals surface area contributed by atoms with Gasteiger partial charge in [0.1, 0.15) is 0 Å². The van der Waals surface area contributed by atoms with E-state index in [0.717, 1.165) is 17.6 Å². The van der Waals surface area contributed by atoms with Gasteiger partial charge in [-0.2, -0.15) is 0 Å². The summed E-state index contributed by atoms with van der Waals surface area (Å²) in [6, 6.07) is 1.73. The van der Waals surface area contributed by atoms with Crippen molar-refractivity contribution in [3.8, 4) is 0 Å². The van der Waals surface area contributed by atoms with Crippen LogP contribution in [0.3, 0.4) is 0 Å². The van der Waals surface area contributed by atoms with Gasteiger partial charge in [0.05, 0.1) is 0 Å². The number of aromatic carboxylic acids is 1. The van der Waals surface area contributed by atoms with Crippen molar-refractivity contribution < 1.29 is 9.90 Å². The number of carbonyl (C=O) groups is 1. The lowest BCUT2D eigenvalue weighted by atomic mass is 10.1. The Kier molecular flexibility index (Phi) is 2.79. The highest BCUT2D eigenvalue weighted by molar-refractivity contribution is 6.49. The third-order valence-electron chi connectivity index (χ3n) is 2.44. The molecule has 0 saturated carbocycles. The molecule has 0 atom stereocenters. The van der Waals surface area contributed by atoms with Crippen molar-refractivity contribution in [3.05, 3.63) is 40.7 Å². The van der Waals surface area contributed by atoms with Gasteiger partial charge in [0, 0.05) is 22.4 Å². The molecule has 4 heteroatoms. The van der Waals surface area contributed by atoms with Crippen LogP contribution in [-0.4, -0.2) is 16.1 Å². The number of hydrogen-bond donors (Lipinski definition) is 1. The molecule has 0 saturated heterocycles. The van der Waals surface area contributed by atoms with Crippen molar-refractivity contribution in [3.63, 3.8) is 0 Å². The summed E-state index contributed by atoms with van der Waals surface area (Å²) in [6.07, 6.45) is 5.90. The molecule has 0 fully saturated rings. The van der Waals surface area contributed by atoms with E-state index in [9.17, 15) is 4.79 Å². The fourth-order valence-electron chi connectivity index (χ4n) is 1.66. The number of carboxylic acid groups (broad SMARTS) is 1. The number of rotatable bonds is 1. The van der Waals surface area contributed by atoms with Crippen LogP contribution in [0.25, 0.3) is 11.1 Å². The molecule has 0 aromatic carbocycles. The molecule has 1 aliphatic rings. The molecule has 1 aromatic rings. The van der Waals surface area contributed by atoms with Crippen LogP contribution in [0, 0.1) is 0 Å². The van der Waals surface area contributed by atoms with Crippen LogP contribution >= 0.6 is 11.6 Å². The molecule has 0 bridgehead atoms. The first-order valence-corrected chi connectivity index (χ1v) is 5.23. The summed E-state index contributed by atoms with van der Waals surface area (Å²) in [5.74, 6) is -1.03. The number of nitrogens with zero attached hydrogens (tertiary/aromatic N) is 1. The maximum atomic E-state index is 11.0. The number of aromatic nitrogens is 1. The zero-order valence-electron chi connectivity index (χ0n) is 8.70. The number of allylic oxidation sites excluding steroid dienone is 2. The highest BCUT2D eigenvalue weighted by Gasteiger charge is 2.17. The second-order valence-corrected chi connectivity index (χ2v) is 4.08. The van der Waals surface area contributed by atoms with Gasteiger partial charge in [-0.25, -0.2) is 9.78 Å². The Morgan fingerprint density at radius 3 is 3.00 bits per heavy atom. The Labute approximate surface area is 98.1 Å². The molecule has 0 radical (unpaired) electrons. The topological polar surface area (TPSA) is 50.2 Å². The average Bonchev–Trinajstić information content (AvgIpc) is 2.38. The smallest absolute Gasteiger partial charge is 0.355 e. The molecule has 82 valence electrons. The Morgan fingerprint density at radius 1 is 1.56 bits per heavy atom. The monoisotopic (exact) mass is 235 g/mol. The van der Waals surface area contributed by atoms with Crippen molar-refractivity contribution in [2.75, 3.05) is 0 Å². The lowest BCUT2D eigenvalue weighted by molar-refractivity contribution is 0.0690. The summed E-state index contributed by atoms with van der Waals surface area (Å²) in [4.78, 5) is 14.9. The lowest BCUT2D eigenvalue weighted by Crippen LogP contribution is -2.04. The van der Waals surface area contributed by atoms with Crippen LogP contribution in [0.5, 0.6) is 0 Å². The quantitative estimate of drug-likeness (QED) is 0.813. The number of pyridine rings is 1. The van der Waals surface area contributed by atoms with Crippen molar-refractivity contribution in [2.24, 2.45) is 0 Å². The minimum absolute atomic E-state index is 0.0466. The van der Waals surface area contributed by atoms with E-state index in [2.05, 4.69) is 4.98 Å². The first-order chi connectivity index (χ1) is 7.59. The van der Waals surface area contributed by atoms with Crippen LogP contribution in [0.4, 0.5) is 0 Å². The van der Waals surface area contributed by atoms with Crippen LogP contribution in [-0.2, 0) is 0 Å². The van der Waals surface area contributed by atoms with Crippen molar-refractivity contribution in [1.29, 1.82) is 0 Å². The maximum absolute atomic E-state index is 11.0. The van der Waals surface area contributed by atoms with Crippen LogP contribution in [0.2, 0.25) is 0 Å². The minimum atomic E-state index is -1.03. The second-order valence-electron chi connectivity index (χ2n) is 3.67. The standard InChI is InChI=1S/C12H10ClNO2/c1-7-2-3-10(13)8-4-5-14-11(12(15)16)9(8)6-7/h3-6H,2H2,1H3,(H,15,16). The van der Waals surface area contributed by atoms with E-state index in [0.29, 0.717) is 10.6 Å². The van der Waals surface area contributed by atoms with Gasteiger partial charge >= 0.3 is 5.97 Å². The van der Waals surface area contributed by atoms with Gasteiger partial charge in [0.2, 0.25) is 0 Å². The predicted molar refractivity (Wildman–Crippen MR) is 63.3 cm³/mol. The van der Waals surface area contributed by atoms with Gasteiger partial charge in [0.15, 0.2) is 5.69 Å². The molecule has 1 heterocycles. The summed E-state index contributed by atoms with van der Waals surface area (Å²) >= 11 is 6.10. The summed E-state index contributed by atoms with van der Waals surface area (Å²) in [5, 5.41) is 9.63. The molecule has 0 amide bonds. The van der Waals surface area contributed by atoms with Crippen LogP contribution in [0.15, 0.2) is 23.9 Å². The number of halogens is 1.